The highest BCUT2D eigenvalue weighted by atomic mass is 79.9. The van der Waals surface area contributed by atoms with Crippen molar-refractivity contribution >= 4 is 21.9 Å². The first-order valence-electron chi connectivity index (χ1n) is 5.80. The Kier molecular flexibility index (Phi) is 4.17. The van der Waals surface area contributed by atoms with Crippen molar-refractivity contribution in [2.45, 2.75) is 19.4 Å². The van der Waals surface area contributed by atoms with E-state index >= 15 is 0 Å². The normalized spacial score (nSPS) is 15.5. The summed E-state index contributed by atoms with van der Waals surface area (Å²) in [5.74, 6) is 1.33. The molecular weight excluding hydrogens is 284 g/mol. The van der Waals surface area contributed by atoms with Crippen molar-refractivity contribution in [1.29, 1.82) is 0 Å². The first-order chi connectivity index (χ1) is 8.26. The summed E-state index contributed by atoms with van der Waals surface area (Å²) in [6, 6.07) is 0.501. The molecule has 2 heterocycles. The van der Waals surface area contributed by atoms with Crippen LogP contribution in [-0.2, 0) is 0 Å². The predicted octanol–water partition coefficient (Wildman–Crippen LogP) is 1.44. The summed E-state index contributed by atoms with van der Waals surface area (Å²) in [5.41, 5.74) is 0. The molecule has 1 aliphatic heterocycles. The zero-order valence-electron chi connectivity index (χ0n) is 10.1. The average molecular weight is 301 g/mol. The molecule has 1 aliphatic rings. The van der Waals surface area contributed by atoms with Crippen LogP contribution in [0, 0.1) is 0 Å². The maximum Gasteiger partial charge on any atom is 0.232 e. The highest BCUT2D eigenvalue weighted by Gasteiger charge is 2.26. The van der Waals surface area contributed by atoms with E-state index in [0.29, 0.717) is 11.9 Å². The number of nitrogens with one attached hydrogen (secondary N) is 1. The Balaban J connectivity index is 2.22. The molecule has 0 saturated carbocycles. The molecule has 1 aromatic rings. The van der Waals surface area contributed by atoms with Gasteiger partial charge in [-0.3, -0.25) is 0 Å². The Morgan fingerprint density at radius 2 is 2.35 bits per heavy atom. The second-order valence-electron chi connectivity index (χ2n) is 4.03. The van der Waals surface area contributed by atoms with Crippen LogP contribution in [0.15, 0.2) is 10.7 Å². The number of anilines is 1. The summed E-state index contributed by atoms with van der Waals surface area (Å²) in [5, 5.41) is 3.27. The van der Waals surface area contributed by atoms with Crippen molar-refractivity contribution in [1.82, 2.24) is 15.3 Å². The Labute approximate surface area is 110 Å². The number of nitrogens with zero attached hydrogens (tertiary/aromatic N) is 3. The fourth-order valence-corrected chi connectivity index (χ4v) is 2.16. The number of rotatable bonds is 5. The lowest BCUT2D eigenvalue weighted by Crippen LogP contribution is -2.58. The monoisotopic (exact) mass is 300 g/mol. The molecule has 2 rings (SSSR count). The summed E-state index contributed by atoms with van der Waals surface area (Å²) in [6.07, 6.45) is 2.83. The lowest BCUT2D eigenvalue weighted by atomic mass is 10.1. The molecule has 0 amide bonds. The zero-order chi connectivity index (χ0) is 12.3. The fraction of sp³-hybridized carbons (Fsp3) is 0.636. The van der Waals surface area contributed by atoms with Gasteiger partial charge in [-0.05, 0) is 22.4 Å². The standard InChI is InChI=1S/C11H17BrN4O/c1-3-4-16(8-5-13-6-8)11-14-7-9(12)10(15-11)17-2/h7-8,13H,3-6H2,1-2H3. The number of halogens is 1. The maximum absolute atomic E-state index is 5.21. The lowest BCUT2D eigenvalue weighted by molar-refractivity contribution is 0.385. The lowest BCUT2D eigenvalue weighted by Gasteiger charge is -2.38. The smallest absolute Gasteiger partial charge is 0.232 e. The van der Waals surface area contributed by atoms with E-state index in [-0.39, 0.29) is 0 Å². The fourth-order valence-electron chi connectivity index (χ4n) is 1.80. The average Bonchev–Trinajstić information content (AvgIpc) is 2.27. The van der Waals surface area contributed by atoms with Crippen molar-refractivity contribution in [2.75, 3.05) is 31.6 Å². The van der Waals surface area contributed by atoms with Gasteiger partial charge in [0.25, 0.3) is 0 Å². The summed E-state index contributed by atoms with van der Waals surface area (Å²) >= 11 is 3.37. The Bertz CT molecular complexity index is 384. The van der Waals surface area contributed by atoms with Crippen molar-refractivity contribution in [3.05, 3.63) is 10.7 Å². The van der Waals surface area contributed by atoms with Crippen LogP contribution >= 0.6 is 15.9 Å². The van der Waals surface area contributed by atoms with Gasteiger partial charge < -0.3 is 15.0 Å². The van der Waals surface area contributed by atoms with E-state index in [9.17, 15) is 0 Å². The third-order valence-corrected chi connectivity index (χ3v) is 3.36. The van der Waals surface area contributed by atoms with Crippen LogP contribution in [0.4, 0.5) is 5.95 Å². The molecule has 0 spiro atoms. The van der Waals surface area contributed by atoms with Crippen LogP contribution < -0.4 is 15.0 Å². The van der Waals surface area contributed by atoms with Crippen LogP contribution in [0.5, 0.6) is 5.88 Å². The van der Waals surface area contributed by atoms with Crippen LogP contribution in [0.1, 0.15) is 13.3 Å². The molecular formula is C11H17BrN4O. The first-order valence-corrected chi connectivity index (χ1v) is 6.59. The molecule has 1 N–H and O–H groups in total. The van der Waals surface area contributed by atoms with Gasteiger partial charge in [0.1, 0.15) is 0 Å². The largest absolute Gasteiger partial charge is 0.480 e. The molecule has 17 heavy (non-hydrogen) atoms. The topological polar surface area (TPSA) is 50.3 Å². The van der Waals surface area contributed by atoms with Crippen molar-refractivity contribution in [3.63, 3.8) is 0 Å². The van der Waals surface area contributed by atoms with E-state index in [2.05, 4.69) is 43.0 Å². The molecule has 1 aromatic heterocycles. The quantitative estimate of drug-likeness (QED) is 0.892. The second-order valence-corrected chi connectivity index (χ2v) is 4.89. The highest BCUT2D eigenvalue weighted by Crippen LogP contribution is 2.24. The predicted molar refractivity (Wildman–Crippen MR) is 70.6 cm³/mol. The van der Waals surface area contributed by atoms with Crippen molar-refractivity contribution in [2.24, 2.45) is 0 Å². The van der Waals surface area contributed by atoms with Gasteiger partial charge >= 0.3 is 0 Å². The molecule has 0 bridgehead atoms. The Hall–Kier alpha value is -0.880. The SMILES string of the molecule is CCCN(c1ncc(Br)c(OC)n1)C1CNC1. The molecule has 6 heteroatoms. The molecule has 1 fully saturated rings. The maximum atomic E-state index is 5.21. The summed E-state index contributed by atoms with van der Waals surface area (Å²) < 4.78 is 5.99. The minimum absolute atomic E-state index is 0.501. The minimum atomic E-state index is 0.501. The van der Waals surface area contributed by atoms with Gasteiger partial charge in [-0.15, -0.1) is 0 Å². The number of aromatic nitrogens is 2. The van der Waals surface area contributed by atoms with Gasteiger partial charge in [0.2, 0.25) is 11.8 Å². The van der Waals surface area contributed by atoms with Crippen LogP contribution in [0.3, 0.4) is 0 Å². The summed E-state index contributed by atoms with van der Waals surface area (Å²) in [6.45, 7) is 5.13. The minimum Gasteiger partial charge on any atom is -0.480 e. The third kappa shape index (κ3) is 2.69. The third-order valence-electron chi connectivity index (χ3n) is 2.81. The second kappa shape index (κ2) is 5.64. The molecule has 0 aromatic carbocycles. The summed E-state index contributed by atoms with van der Waals surface area (Å²) in [4.78, 5) is 11.0. The zero-order valence-corrected chi connectivity index (χ0v) is 11.7. The molecule has 0 atom stereocenters. The van der Waals surface area contributed by atoms with E-state index in [4.69, 9.17) is 4.74 Å². The first kappa shape index (κ1) is 12.6. The Morgan fingerprint density at radius 3 is 2.88 bits per heavy atom. The van der Waals surface area contributed by atoms with Gasteiger partial charge in [0, 0.05) is 19.6 Å². The molecule has 94 valence electrons. The van der Waals surface area contributed by atoms with Gasteiger partial charge in [0.05, 0.1) is 23.8 Å². The van der Waals surface area contributed by atoms with E-state index in [1.54, 1.807) is 13.3 Å². The van der Waals surface area contributed by atoms with Crippen LogP contribution in [0.2, 0.25) is 0 Å². The number of hydrogen-bond acceptors (Lipinski definition) is 5. The number of methoxy groups -OCH3 is 1. The molecule has 0 unspecified atom stereocenters. The molecule has 0 aliphatic carbocycles. The van der Waals surface area contributed by atoms with Crippen LogP contribution in [0.25, 0.3) is 0 Å². The van der Waals surface area contributed by atoms with E-state index in [1.165, 1.54) is 0 Å². The number of hydrogen-bond donors (Lipinski definition) is 1. The van der Waals surface area contributed by atoms with E-state index in [1.807, 2.05) is 0 Å². The molecule has 5 nitrogen and oxygen atoms in total. The summed E-state index contributed by atoms with van der Waals surface area (Å²) in [7, 11) is 1.62. The van der Waals surface area contributed by atoms with Gasteiger partial charge in [-0.2, -0.15) is 4.98 Å². The van der Waals surface area contributed by atoms with E-state index in [0.717, 1.165) is 36.5 Å². The number of ether oxygens (including phenoxy) is 1. The Morgan fingerprint density at radius 1 is 1.59 bits per heavy atom. The van der Waals surface area contributed by atoms with Crippen molar-refractivity contribution in [3.8, 4) is 5.88 Å². The van der Waals surface area contributed by atoms with E-state index < -0.39 is 0 Å². The highest BCUT2D eigenvalue weighted by molar-refractivity contribution is 9.10. The van der Waals surface area contributed by atoms with Gasteiger partial charge in [0.15, 0.2) is 0 Å². The van der Waals surface area contributed by atoms with Crippen LogP contribution in [-0.4, -0.2) is 42.8 Å². The molecule has 1 saturated heterocycles. The van der Waals surface area contributed by atoms with Crippen molar-refractivity contribution < 1.29 is 4.74 Å². The molecule has 0 radical (unpaired) electrons. The van der Waals surface area contributed by atoms with Gasteiger partial charge in [-0.25, -0.2) is 4.98 Å². The van der Waals surface area contributed by atoms with Gasteiger partial charge in [-0.1, -0.05) is 6.92 Å².